The van der Waals surface area contributed by atoms with E-state index in [1.807, 2.05) is 6.92 Å². The van der Waals surface area contributed by atoms with Gasteiger partial charge in [0.15, 0.2) is 0 Å². The second-order valence-corrected chi connectivity index (χ2v) is 4.57. The van der Waals surface area contributed by atoms with Crippen molar-refractivity contribution in [2.45, 2.75) is 39.3 Å². The van der Waals surface area contributed by atoms with E-state index in [9.17, 15) is 13.2 Å². The third kappa shape index (κ3) is 2.68. The molecule has 0 aromatic heterocycles. The van der Waals surface area contributed by atoms with Crippen molar-refractivity contribution in [2.75, 3.05) is 5.73 Å². The van der Waals surface area contributed by atoms with E-state index in [1.54, 1.807) is 6.92 Å². The maximum atomic E-state index is 13.0. The number of aryl methyl sites for hydroxylation is 1. The Labute approximate surface area is 104 Å². The Hall–Kier alpha value is -0.900. The fourth-order valence-electron chi connectivity index (χ4n) is 1.89. The third-order valence-electron chi connectivity index (χ3n) is 2.91. The number of halogens is 4. The van der Waals surface area contributed by atoms with E-state index in [0.29, 0.717) is 6.42 Å². The molecule has 0 heterocycles. The molecule has 0 saturated heterocycles. The first-order valence-corrected chi connectivity index (χ1v) is 5.73. The molecule has 0 spiro atoms. The monoisotopic (exact) mass is 265 g/mol. The van der Waals surface area contributed by atoms with E-state index in [-0.39, 0.29) is 27.8 Å². The molecule has 0 fully saturated rings. The summed E-state index contributed by atoms with van der Waals surface area (Å²) in [6, 6.07) is 1.27. The Morgan fingerprint density at radius 3 is 2.35 bits per heavy atom. The summed E-state index contributed by atoms with van der Waals surface area (Å²) in [5, 5.41) is 0.0253. The molecule has 0 aliphatic carbocycles. The normalized spacial score (nSPS) is 13.8. The highest BCUT2D eigenvalue weighted by Crippen LogP contribution is 2.43. The average molecular weight is 266 g/mol. The predicted octanol–water partition coefficient (Wildman–Crippen LogP) is 4.76. The van der Waals surface area contributed by atoms with Crippen LogP contribution in [-0.2, 0) is 6.18 Å². The van der Waals surface area contributed by atoms with E-state index in [1.165, 1.54) is 13.0 Å². The molecular formula is C12H15ClF3N. The van der Waals surface area contributed by atoms with Gasteiger partial charge < -0.3 is 5.73 Å². The molecule has 17 heavy (non-hydrogen) atoms. The van der Waals surface area contributed by atoms with Crippen LogP contribution in [0.2, 0.25) is 5.02 Å². The van der Waals surface area contributed by atoms with Crippen LogP contribution in [0, 0.1) is 6.92 Å². The van der Waals surface area contributed by atoms with Crippen LogP contribution in [0.3, 0.4) is 0 Å². The lowest BCUT2D eigenvalue weighted by atomic mass is 9.90. The summed E-state index contributed by atoms with van der Waals surface area (Å²) < 4.78 is 39.1. The second-order valence-electron chi connectivity index (χ2n) is 4.19. The van der Waals surface area contributed by atoms with Gasteiger partial charge in [0, 0.05) is 0 Å². The third-order valence-corrected chi connectivity index (χ3v) is 3.34. The van der Waals surface area contributed by atoms with Gasteiger partial charge in [0.2, 0.25) is 0 Å². The van der Waals surface area contributed by atoms with Gasteiger partial charge in [-0.05, 0) is 36.5 Å². The zero-order valence-electron chi connectivity index (χ0n) is 9.95. The van der Waals surface area contributed by atoms with Gasteiger partial charge in [-0.15, -0.1) is 0 Å². The molecule has 1 rings (SSSR count). The molecule has 0 aliphatic rings. The van der Waals surface area contributed by atoms with Crippen molar-refractivity contribution in [3.8, 4) is 0 Å². The van der Waals surface area contributed by atoms with E-state index >= 15 is 0 Å². The molecule has 1 nitrogen and oxygen atoms in total. The largest absolute Gasteiger partial charge is 0.416 e. The molecule has 1 unspecified atom stereocenters. The minimum atomic E-state index is -4.40. The lowest BCUT2D eigenvalue weighted by Crippen LogP contribution is -2.14. The Balaban J connectivity index is 3.62. The molecule has 0 bridgehead atoms. The number of alkyl halides is 3. The summed E-state index contributed by atoms with van der Waals surface area (Å²) in [5.41, 5.74) is 5.41. The van der Waals surface area contributed by atoms with Gasteiger partial charge in [0.1, 0.15) is 0 Å². The number of anilines is 1. The molecule has 0 radical (unpaired) electrons. The summed E-state index contributed by atoms with van der Waals surface area (Å²) in [6.45, 7) is 4.94. The second kappa shape index (κ2) is 4.77. The molecule has 1 aromatic rings. The first-order valence-electron chi connectivity index (χ1n) is 5.35. The van der Waals surface area contributed by atoms with Crippen molar-refractivity contribution in [3.63, 3.8) is 0 Å². The number of nitrogen functional groups attached to an aromatic ring is 1. The average Bonchev–Trinajstić information content (AvgIpc) is 2.19. The van der Waals surface area contributed by atoms with Crippen molar-refractivity contribution < 1.29 is 13.2 Å². The van der Waals surface area contributed by atoms with Gasteiger partial charge in [0.05, 0.1) is 16.3 Å². The van der Waals surface area contributed by atoms with Gasteiger partial charge >= 0.3 is 6.18 Å². The minimum Gasteiger partial charge on any atom is -0.398 e. The van der Waals surface area contributed by atoms with E-state index in [2.05, 4.69) is 0 Å². The molecule has 0 saturated carbocycles. The zero-order chi connectivity index (χ0) is 13.4. The van der Waals surface area contributed by atoms with Crippen LogP contribution in [0.4, 0.5) is 18.9 Å². The predicted molar refractivity (Wildman–Crippen MR) is 64.3 cm³/mol. The molecule has 1 atom stereocenters. The number of benzene rings is 1. The van der Waals surface area contributed by atoms with E-state index < -0.39 is 11.7 Å². The molecule has 0 amide bonds. The van der Waals surface area contributed by atoms with Gasteiger partial charge in [-0.3, -0.25) is 0 Å². The van der Waals surface area contributed by atoms with Crippen LogP contribution in [0.15, 0.2) is 6.07 Å². The van der Waals surface area contributed by atoms with Crippen LogP contribution in [0.25, 0.3) is 0 Å². The van der Waals surface area contributed by atoms with Crippen molar-refractivity contribution in [3.05, 3.63) is 27.8 Å². The molecule has 2 N–H and O–H groups in total. The summed E-state index contributed by atoms with van der Waals surface area (Å²) >= 11 is 5.93. The zero-order valence-corrected chi connectivity index (χ0v) is 10.7. The maximum absolute atomic E-state index is 13.0. The summed E-state index contributed by atoms with van der Waals surface area (Å²) in [7, 11) is 0. The summed E-state index contributed by atoms with van der Waals surface area (Å²) in [6.07, 6.45) is -3.83. The molecule has 96 valence electrons. The summed E-state index contributed by atoms with van der Waals surface area (Å²) in [5.74, 6) is -0.277. The van der Waals surface area contributed by atoms with Gasteiger partial charge in [0.25, 0.3) is 0 Å². The molecular weight excluding hydrogens is 251 g/mol. The van der Waals surface area contributed by atoms with E-state index in [0.717, 1.165) is 0 Å². The SMILES string of the molecule is CCC(C)c1c(Cl)c(N)cc(C)c1C(F)(F)F. The van der Waals surface area contributed by atoms with Crippen LogP contribution >= 0.6 is 11.6 Å². The van der Waals surface area contributed by atoms with Crippen molar-refractivity contribution >= 4 is 17.3 Å². The fraction of sp³-hybridized carbons (Fsp3) is 0.500. The first kappa shape index (κ1) is 14.2. The standard InChI is InChI=1S/C12H15ClF3N/c1-4-6(2)9-10(12(14,15)16)7(3)5-8(17)11(9)13/h5-6H,4,17H2,1-3H3. The molecule has 5 heteroatoms. The lowest BCUT2D eigenvalue weighted by molar-refractivity contribution is -0.138. The fourth-order valence-corrected chi connectivity index (χ4v) is 2.22. The number of hydrogen-bond donors (Lipinski definition) is 1. The molecule has 0 aliphatic heterocycles. The highest BCUT2D eigenvalue weighted by molar-refractivity contribution is 6.34. The Bertz CT molecular complexity index is 427. The number of rotatable bonds is 2. The van der Waals surface area contributed by atoms with Gasteiger partial charge in [-0.1, -0.05) is 25.4 Å². The quantitative estimate of drug-likeness (QED) is 0.767. The maximum Gasteiger partial charge on any atom is 0.416 e. The lowest BCUT2D eigenvalue weighted by Gasteiger charge is -2.22. The van der Waals surface area contributed by atoms with Gasteiger partial charge in [-0.25, -0.2) is 0 Å². The van der Waals surface area contributed by atoms with Gasteiger partial charge in [-0.2, -0.15) is 13.2 Å². The number of hydrogen-bond acceptors (Lipinski definition) is 1. The first-order chi connectivity index (χ1) is 7.70. The minimum absolute atomic E-state index is 0.0253. The van der Waals surface area contributed by atoms with Crippen molar-refractivity contribution in [1.82, 2.24) is 0 Å². The molecule has 1 aromatic carbocycles. The summed E-state index contributed by atoms with van der Waals surface area (Å²) in [4.78, 5) is 0. The highest BCUT2D eigenvalue weighted by Gasteiger charge is 2.37. The van der Waals surface area contributed by atoms with Crippen LogP contribution in [-0.4, -0.2) is 0 Å². The van der Waals surface area contributed by atoms with Crippen LogP contribution in [0.1, 0.15) is 42.9 Å². The topological polar surface area (TPSA) is 26.0 Å². The Morgan fingerprint density at radius 1 is 1.41 bits per heavy atom. The highest BCUT2D eigenvalue weighted by atomic mass is 35.5. The van der Waals surface area contributed by atoms with Crippen LogP contribution < -0.4 is 5.73 Å². The number of nitrogens with two attached hydrogens (primary N) is 1. The van der Waals surface area contributed by atoms with Crippen molar-refractivity contribution in [1.29, 1.82) is 0 Å². The van der Waals surface area contributed by atoms with E-state index in [4.69, 9.17) is 17.3 Å². The van der Waals surface area contributed by atoms with Crippen LogP contribution in [0.5, 0.6) is 0 Å². The van der Waals surface area contributed by atoms with Crippen molar-refractivity contribution in [2.24, 2.45) is 0 Å². The Kier molecular flexibility index (Phi) is 3.97. The smallest absolute Gasteiger partial charge is 0.398 e. The Morgan fingerprint density at radius 2 is 1.94 bits per heavy atom.